The molecule has 154 valence electrons. The lowest BCUT2D eigenvalue weighted by atomic mass is 10.1. The van der Waals surface area contributed by atoms with Gasteiger partial charge in [-0.3, -0.25) is 18.6 Å². The van der Waals surface area contributed by atoms with Gasteiger partial charge in [-0.05, 0) is 29.7 Å². The molecule has 0 atom stereocenters. The summed E-state index contributed by atoms with van der Waals surface area (Å²) in [7, 11) is 3.48. The average molecular weight is 422 g/mol. The number of hydrogen-bond acceptors (Lipinski definition) is 5. The lowest BCUT2D eigenvalue weighted by molar-refractivity contribution is -0.127. The van der Waals surface area contributed by atoms with E-state index in [4.69, 9.17) is 0 Å². The van der Waals surface area contributed by atoms with Gasteiger partial charge in [-0.15, -0.1) is 10.2 Å². The SMILES string of the molecule is CCc1ccc(CN(C)C(=O)CSc2nnc3n(C)c(=O)c4ccccc4n23)cc1. The van der Waals surface area contributed by atoms with Crippen molar-refractivity contribution in [2.45, 2.75) is 25.0 Å². The molecule has 2 aromatic carbocycles. The minimum absolute atomic E-state index is 0.00504. The molecular weight excluding hydrogens is 398 g/mol. The van der Waals surface area contributed by atoms with E-state index in [1.807, 2.05) is 22.6 Å². The number of amides is 1. The maximum atomic E-state index is 12.7. The van der Waals surface area contributed by atoms with E-state index >= 15 is 0 Å². The zero-order valence-corrected chi connectivity index (χ0v) is 18.0. The Morgan fingerprint density at radius 1 is 1.07 bits per heavy atom. The van der Waals surface area contributed by atoms with Crippen molar-refractivity contribution in [2.75, 3.05) is 12.8 Å². The van der Waals surface area contributed by atoms with Crippen molar-refractivity contribution in [1.82, 2.24) is 24.1 Å². The molecule has 4 rings (SSSR count). The number of aromatic nitrogens is 4. The summed E-state index contributed by atoms with van der Waals surface area (Å²) in [6.45, 7) is 2.68. The quantitative estimate of drug-likeness (QED) is 0.448. The Labute approximate surface area is 178 Å². The molecule has 0 radical (unpaired) electrons. The van der Waals surface area contributed by atoms with E-state index in [0.29, 0.717) is 22.9 Å². The van der Waals surface area contributed by atoms with Crippen molar-refractivity contribution in [3.05, 3.63) is 70.0 Å². The Morgan fingerprint density at radius 3 is 2.50 bits per heavy atom. The van der Waals surface area contributed by atoms with Gasteiger partial charge in [-0.1, -0.05) is 55.1 Å². The van der Waals surface area contributed by atoms with Crippen LogP contribution in [0.2, 0.25) is 0 Å². The van der Waals surface area contributed by atoms with Crippen LogP contribution in [0.5, 0.6) is 0 Å². The Morgan fingerprint density at radius 2 is 1.77 bits per heavy atom. The molecule has 2 aromatic heterocycles. The van der Waals surface area contributed by atoms with Crippen LogP contribution in [-0.4, -0.2) is 42.8 Å². The maximum absolute atomic E-state index is 12.7. The minimum Gasteiger partial charge on any atom is -0.341 e. The predicted molar refractivity (Wildman–Crippen MR) is 119 cm³/mol. The molecule has 0 fully saturated rings. The fourth-order valence-electron chi connectivity index (χ4n) is 3.38. The van der Waals surface area contributed by atoms with Gasteiger partial charge in [0, 0.05) is 20.6 Å². The third kappa shape index (κ3) is 3.70. The monoisotopic (exact) mass is 421 g/mol. The molecule has 0 saturated carbocycles. The van der Waals surface area contributed by atoms with Gasteiger partial charge in [0.15, 0.2) is 5.16 Å². The largest absolute Gasteiger partial charge is 0.341 e. The first kappa shape index (κ1) is 20.2. The first-order valence-corrected chi connectivity index (χ1v) is 10.8. The third-order valence-corrected chi connectivity index (χ3v) is 6.11. The van der Waals surface area contributed by atoms with Gasteiger partial charge in [-0.25, -0.2) is 0 Å². The van der Waals surface area contributed by atoms with E-state index in [-0.39, 0.29) is 17.2 Å². The van der Waals surface area contributed by atoms with Crippen molar-refractivity contribution >= 4 is 34.3 Å². The smallest absolute Gasteiger partial charge is 0.262 e. The van der Waals surface area contributed by atoms with Crippen LogP contribution in [0.15, 0.2) is 58.5 Å². The third-order valence-electron chi connectivity index (χ3n) is 5.20. The van der Waals surface area contributed by atoms with Crippen LogP contribution < -0.4 is 5.56 Å². The highest BCUT2D eigenvalue weighted by Gasteiger charge is 2.17. The van der Waals surface area contributed by atoms with Crippen molar-refractivity contribution in [1.29, 1.82) is 0 Å². The molecule has 4 aromatic rings. The molecule has 0 aliphatic rings. The number of hydrogen-bond donors (Lipinski definition) is 0. The molecule has 7 nitrogen and oxygen atoms in total. The topological polar surface area (TPSA) is 72.5 Å². The lowest BCUT2D eigenvalue weighted by Gasteiger charge is -2.17. The number of carbonyl (C=O) groups is 1. The Kier molecular flexibility index (Phi) is 5.59. The number of para-hydroxylation sites is 1. The summed E-state index contributed by atoms with van der Waals surface area (Å²) in [5.41, 5.74) is 3.00. The van der Waals surface area contributed by atoms with Crippen LogP contribution in [0.4, 0.5) is 0 Å². The second kappa shape index (κ2) is 8.31. The van der Waals surface area contributed by atoms with Crippen LogP contribution >= 0.6 is 11.8 Å². The number of carbonyl (C=O) groups excluding carboxylic acids is 1. The molecule has 0 saturated heterocycles. The van der Waals surface area contributed by atoms with Gasteiger partial charge in [0.25, 0.3) is 5.56 Å². The molecular formula is C22H23N5O2S. The number of thioether (sulfide) groups is 1. The minimum atomic E-state index is -0.119. The molecule has 2 heterocycles. The summed E-state index contributed by atoms with van der Waals surface area (Å²) >= 11 is 1.32. The zero-order chi connectivity index (χ0) is 21.3. The summed E-state index contributed by atoms with van der Waals surface area (Å²) < 4.78 is 3.31. The normalized spacial score (nSPS) is 11.3. The molecule has 8 heteroatoms. The van der Waals surface area contributed by atoms with E-state index in [9.17, 15) is 9.59 Å². The van der Waals surface area contributed by atoms with Gasteiger partial charge in [0.1, 0.15) is 0 Å². The molecule has 0 aliphatic heterocycles. The summed E-state index contributed by atoms with van der Waals surface area (Å²) in [6.07, 6.45) is 0.998. The maximum Gasteiger partial charge on any atom is 0.262 e. The van der Waals surface area contributed by atoms with Gasteiger partial charge in [0.05, 0.1) is 16.7 Å². The number of nitrogens with zero attached hydrogens (tertiary/aromatic N) is 5. The molecule has 0 bridgehead atoms. The van der Waals surface area contributed by atoms with Gasteiger partial charge in [0.2, 0.25) is 11.7 Å². The number of benzene rings is 2. The zero-order valence-electron chi connectivity index (χ0n) is 17.2. The number of aryl methyl sites for hydroxylation is 2. The van der Waals surface area contributed by atoms with Crippen LogP contribution in [0, 0.1) is 0 Å². The highest BCUT2D eigenvalue weighted by Crippen LogP contribution is 2.21. The summed E-state index contributed by atoms with van der Waals surface area (Å²) in [4.78, 5) is 26.9. The second-order valence-electron chi connectivity index (χ2n) is 7.21. The Hall–Kier alpha value is -3.13. The molecule has 0 spiro atoms. The van der Waals surface area contributed by atoms with Crippen LogP contribution in [-0.2, 0) is 24.8 Å². The molecule has 0 N–H and O–H groups in total. The number of rotatable bonds is 6. The predicted octanol–water partition coefficient (Wildman–Crippen LogP) is 2.89. The second-order valence-corrected chi connectivity index (χ2v) is 8.15. The first-order valence-electron chi connectivity index (χ1n) is 9.77. The van der Waals surface area contributed by atoms with E-state index in [0.717, 1.165) is 17.5 Å². The highest BCUT2D eigenvalue weighted by atomic mass is 32.2. The molecule has 30 heavy (non-hydrogen) atoms. The van der Waals surface area contributed by atoms with Crippen LogP contribution in [0.1, 0.15) is 18.1 Å². The van der Waals surface area contributed by atoms with E-state index in [1.54, 1.807) is 25.1 Å². The van der Waals surface area contributed by atoms with E-state index < -0.39 is 0 Å². The van der Waals surface area contributed by atoms with Gasteiger partial charge < -0.3 is 4.90 Å². The van der Waals surface area contributed by atoms with Crippen LogP contribution in [0.25, 0.3) is 16.7 Å². The van der Waals surface area contributed by atoms with E-state index in [1.165, 1.54) is 21.9 Å². The Balaban J connectivity index is 1.53. The fraction of sp³-hybridized carbons (Fsp3) is 0.273. The van der Waals surface area contributed by atoms with Gasteiger partial charge in [-0.2, -0.15) is 0 Å². The average Bonchev–Trinajstić information content (AvgIpc) is 3.20. The summed E-state index contributed by atoms with van der Waals surface area (Å²) in [5, 5.41) is 9.57. The summed E-state index contributed by atoms with van der Waals surface area (Å²) in [5.74, 6) is 0.699. The Bertz CT molecular complexity index is 1280. The van der Waals surface area contributed by atoms with Crippen molar-refractivity contribution in [3.63, 3.8) is 0 Å². The molecule has 0 unspecified atom stereocenters. The summed E-state index contributed by atoms with van der Waals surface area (Å²) in [6, 6.07) is 15.7. The van der Waals surface area contributed by atoms with Crippen LogP contribution in [0.3, 0.4) is 0 Å². The molecule has 1 amide bonds. The lowest BCUT2D eigenvalue weighted by Crippen LogP contribution is -2.27. The standard InChI is InChI=1S/C22H23N5O2S/c1-4-15-9-11-16(12-10-15)13-25(2)19(28)14-30-22-24-23-21-26(3)20(29)17-7-5-6-8-18(17)27(21)22/h5-12H,4,13-14H2,1-3H3. The van der Waals surface area contributed by atoms with E-state index in [2.05, 4.69) is 41.4 Å². The van der Waals surface area contributed by atoms with Gasteiger partial charge >= 0.3 is 0 Å². The first-order chi connectivity index (χ1) is 14.5. The van der Waals surface area contributed by atoms with Crippen molar-refractivity contribution in [3.8, 4) is 0 Å². The van der Waals surface area contributed by atoms with Crippen molar-refractivity contribution < 1.29 is 4.79 Å². The highest BCUT2D eigenvalue weighted by molar-refractivity contribution is 7.99. The number of fused-ring (bicyclic) bond motifs is 3. The van der Waals surface area contributed by atoms with Crippen molar-refractivity contribution in [2.24, 2.45) is 7.05 Å². The fourth-order valence-corrected chi connectivity index (χ4v) is 4.26. The molecule has 0 aliphatic carbocycles.